The summed E-state index contributed by atoms with van der Waals surface area (Å²) < 4.78 is 12.5. The molecule has 0 aromatic heterocycles. The molecule has 3 rings (SSSR count). The van der Waals surface area contributed by atoms with Crippen LogP contribution >= 0.6 is 0 Å². The van der Waals surface area contributed by atoms with Crippen LogP contribution < -0.4 is 5.32 Å². The van der Waals surface area contributed by atoms with Gasteiger partial charge in [0, 0.05) is 58.0 Å². The summed E-state index contributed by atoms with van der Waals surface area (Å²) in [6.07, 6.45) is 4.12. The van der Waals surface area contributed by atoms with E-state index < -0.39 is 11.3 Å². The minimum absolute atomic E-state index is 0.0760. The number of carbonyl (C=O) groups excluding carboxylic acids is 2. The van der Waals surface area contributed by atoms with Crippen molar-refractivity contribution < 1.29 is 19.1 Å². The quantitative estimate of drug-likeness (QED) is 0.478. The van der Waals surface area contributed by atoms with E-state index in [-0.39, 0.29) is 11.9 Å². The van der Waals surface area contributed by atoms with Crippen molar-refractivity contribution in [1.82, 2.24) is 20.0 Å². The summed E-state index contributed by atoms with van der Waals surface area (Å²) in [5.41, 5.74) is -0.793. The number of piperazine rings is 1. The molecule has 3 aliphatic rings. The number of rotatable bonds is 10. The summed E-state index contributed by atoms with van der Waals surface area (Å²) in [5, 5.41) is 3.38. The zero-order chi connectivity index (χ0) is 24.9. The van der Waals surface area contributed by atoms with E-state index in [0.717, 1.165) is 64.9 Å². The number of aldehydes is 1. The van der Waals surface area contributed by atoms with Crippen LogP contribution in [0.1, 0.15) is 53.4 Å². The molecule has 1 N–H and O–H groups in total. The molecule has 0 aliphatic carbocycles. The fourth-order valence-electron chi connectivity index (χ4n) is 5.93. The fourth-order valence-corrected chi connectivity index (χ4v) is 5.93. The van der Waals surface area contributed by atoms with Gasteiger partial charge >= 0.3 is 0 Å². The maximum atomic E-state index is 13.5. The van der Waals surface area contributed by atoms with Crippen LogP contribution in [0.5, 0.6) is 0 Å². The van der Waals surface area contributed by atoms with Gasteiger partial charge in [-0.25, -0.2) is 0 Å². The first-order valence-electron chi connectivity index (χ1n) is 13.2. The second kappa shape index (κ2) is 11.8. The molecule has 0 bridgehead atoms. The maximum absolute atomic E-state index is 13.5. The topological polar surface area (TPSA) is 74.3 Å². The highest BCUT2D eigenvalue weighted by molar-refractivity contribution is 5.87. The van der Waals surface area contributed by atoms with E-state index >= 15 is 0 Å². The molecule has 196 valence electrons. The summed E-state index contributed by atoms with van der Waals surface area (Å²) in [7, 11) is 4.15. The molecule has 34 heavy (non-hydrogen) atoms. The van der Waals surface area contributed by atoms with Gasteiger partial charge in [-0.2, -0.15) is 0 Å². The summed E-state index contributed by atoms with van der Waals surface area (Å²) in [6.45, 7) is 14.5. The molecule has 0 aromatic carbocycles. The third-order valence-electron chi connectivity index (χ3n) is 7.42. The highest BCUT2D eigenvalue weighted by Crippen LogP contribution is 2.34. The zero-order valence-corrected chi connectivity index (χ0v) is 22.3. The summed E-state index contributed by atoms with van der Waals surface area (Å²) in [4.78, 5) is 32.6. The van der Waals surface area contributed by atoms with Gasteiger partial charge in [0.2, 0.25) is 5.91 Å². The Labute approximate surface area is 206 Å². The Kier molecular flexibility index (Phi) is 9.54. The maximum Gasteiger partial charge on any atom is 0.240 e. The second-order valence-electron chi connectivity index (χ2n) is 11.9. The van der Waals surface area contributed by atoms with Crippen molar-refractivity contribution in [2.45, 2.75) is 70.7 Å². The Bertz CT molecular complexity index is 668. The van der Waals surface area contributed by atoms with Crippen molar-refractivity contribution in [2.24, 2.45) is 17.8 Å². The van der Waals surface area contributed by atoms with Crippen LogP contribution in [0, 0.1) is 17.8 Å². The molecule has 3 saturated heterocycles. The molecule has 3 heterocycles. The van der Waals surface area contributed by atoms with E-state index in [9.17, 15) is 9.59 Å². The Morgan fingerprint density at radius 1 is 1.12 bits per heavy atom. The first kappa shape index (κ1) is 27.5. The molecule has 0 saturated carbocycles. The number of hydrogen-bond acceptors (Lipinski definition) is 7. The Balaban J connectivity index is 1.66. The number of amides is 1. The van der Waals surface area contributed by atoms with E-state index in [1.54, 1.807) is 0 Å². The molecule has 1 spiro atoms. The molecule has 3 fully saturated rings. The number of nitrogens with zero attached hydrogens (tertiary/aromatic N) is 3. The van der Waals surface area contributed by atoms with Gasteiger partial charge in [-0.05, 0) is 38.8 Å². The van der Waals surface area contributed by atoms with E-state index in [1.165, 1.54) is 0 Å². The van der Waals surface area contributed by atoms with Gasteiger partial charge in [-0.3, -0.25) is 4.79 Å². The standard InChI is InChI=1S/C26H48N4O4/c1-20(2)13-23-24(32)30(12-9-27-23)25(19-31,14-21(3)4)18-29-10-7-26(8-11-29)33-16-22(17-34-26)15-28(5)6/h19-23,27H,7-18H2,1-6H3/t23-,25+/m0/s1. The van der Waals surface area contributed by atoms with Gasteiger partial charge in [-0.1, -0.05) is 27.7 Å². The summed E-state index contributed by atoms with van der Waals surface area (Å²) >= 11 is 0. The van der Waals surface area contributed by atoms with E-state index in [4.69, 9.17) is 9.47 Å². The lowest BCUT2D eigenvalue weighted by atomic mass is 9.85. The summed E-state index contributed by atoms with van der Waals surface area (Å²) in [6, 6.07) is -0.205. The molecule has 0 radical (unpaired) electrons. The number of piperidine rings is 1. The lowest BCUT2D eigenvalue weighted by molar-refractivity contribution is -0.299. The molecule has 0 unspecified atom stereocenters. The predicted molar refractivity (Wildman–Crippen MR) is 134 cm³/mol. The Hall–Kier alpha value is -1.06. The van der Waals surface area contributed by atoms with Crippen LogP contribution in [0.25, 0.3) is 0 Å². The van der Waals surface area contributed by atoms with Gasteiger partial charge < -0.3 is 34.3 Å². The lowest BCUT2D eigenvalue weighted by Crippen LogP contribution is -2.68. The van der Waals surface area contributed by atoms with Gasteiger partial charge in [0.25, 0.3) is 0 Å². The molecule has 1 amide bonds. The second-order valence-corrected chi connectivity index (χ2v) is 11.9. The van der Waals surface area contributed by atoms with Crippen LogP contribution in [0.3, 0.4) is 0 Å². The first-order valence-corrected chi connectivity index (χ1v) is 13.2. The molecule has 3 aliphatic heterocycles. The fraction of sp³-hybridized carbons (Fsp3) is 0.923. The van der Waals surface area contributed by atoms with Crippen molar-refractivity contribution in [1.29, 1.82) is 0 Å². The lowest BCUT2D eigenvalue weighted by Gasteiger charge is -2.50. The number of carbonyl (C=O) groups is 2. The van der Waals surface area contributed by atoms with Crippen molar-refractivity contribution in [3.05, 3.63) is 0 Å². The van der Waals surface area contributed by atoms with E-state index in [0.29, 0.717) is 37.3 Å². The normalized spacial score (nSPS) is 26.6. The first-order chi connectivity index (χ1) is 16.1. The molecule has 8 nitrogen and oxygen atoms in total. The van der Waals surface area contributed by atoms with E-state index in [2.05, 4.69) is 56.9 Å². The minimum Gasteiger partial charge on any atom is -0.349 e. The van der Waals surface area contributed by atoms with Crippen molar-refractivity contribution in [3.8, 4) is 0 Å². The van der Waals surface area contributed by atoms with Crippen molar-refractivity contribution in [3.63, 3.8) is 0 Å². The largest absolute Gasteiger partial charge is 0.349 e. The van der Waals surface area contributed by atoms with Crippen LogP contribution in [0.15, 0.2) is 0 Å². The predicted octanol–water partition coefficient (Wildman–Crippen LogP) is 1.83. The van der Waals surface area contributed by atoms with Crippen molar-refractivity contribution in [2.75, 3.05) is 66.6 Å². The van der Waals surface area contributed by atoms with Crippen LogP contribution in [0.2, 0.25) is 0 Å². The van der Waals surface area contributed by atoms with Crippen molar-refractivity contribution >= 4 is 12.2 Å². The average Bonchev–Trinajstić information content (AvgIpc) is 2.77. The monoisotopic (exact) mass is 480 g/mol. The van der Waals surface area contributed by atoms with Gasteiger partial charge in [0.05, 0.1) is 19.3 Å². The van der Waals surface area contributed by atoms with Crippen LogP contribution in [0.4, 0.5) is 0 Å². The highest BCUT2D eigenvalue weighted by Gasteiger charge is 2.47. The van der Waals surface area contributed by atoms with Crippen LogP contribution in [-0.2, 0) is 19.1 Å². The zero-order valence-electron chi connectivity index (χ0n) is 22.3. The number of nitrogens with one attached hydrogen (secondary N) is 1. The minimum atomic E-state index is -0.793. The Morgan fingerprint density at radius 3 is 2.29 bits per heavy atom. The summed E-state index contributed by atoms with van der Waals surface area (Å²) in [5.74, 6) is 0.723. The van der Waals surface area contributed by atoms with E-state index in [1.807, 2.05) is 4.90 Å². The third-order valence-corrected chi connectivity index (χ3v) is 7.42. The highest BCUT2D eigenvalue weighted by atomic mass is 16.7. The smallest absolute Gasteiger partial charge is 0.240 e. The Morgan fingerprint density at radius 2 is 1.76 bits per heavy atom. The number of ether oxygens (including phenoxy) is 2. The molecule has 8 heteroatoms. The average molecular weight is 481 g/mol. The number of likely N-dealkylation sites (tertiary alicyclic amines) is 1. The third kappa shape index (κ3) is 6.78. The van der Waals surface area contributed by atoms with Gasteiger partial charge in [0.1, 0.15) is 11.8 Å². The molecular formula is C26H48N4O4. The van der Waals surface area contributed by atoms with Gasteiger partial charge in [0.15, 0.2) is 5.79 Å². The number of hydrogen-bond donors (Lipinski definition) is 1. The molecule has 2 atom stereocenters. The molecule has 0 aromatic rings. The van der Waals surface area contributed by atoms with Crippen LogP contribution in [-0.4, -0.2) is 111 Å². The molecular weight excluding hydrogens is 432 g/mol. The van der Waals surface area contributed by atoms with Gasteiger partial charge in [-0.15, -0.1) is 0 Å². The SMILES string of the molecule is CC(C)C[C@@H]1NCCN([C@](C=O)(CC(C)C)CN2CCC3(CC2)OCC(CN(C)C)CO3)C1=O.